The predicted molar refractivity (Wildman–Crippen MR) is 119 cm³/mol. The number of carboxylic acid groups (broad SMARTS) is 1. The van der Waals surface area contributed by atoms with Crippen molar-refractivity contribution in [1.82, 2.24) is 24.8 Å². The third kappa shape index (κ3) is 4.20. The van der Waals surface area contributed by atoms with Gasteiger partial charge in [-0.15, -0.1) is 0 Å². The Kier molecular flexibility index (Phi) is 5.57. The zero-order chi connectivity index (χ0) is 22.1. The van der Waals surface area contributed by atoms with Crippen LogP contribution in [0.15, 0.2) is 36.4 Å². The molecule has 1 aromatic carbocycles. The molecule has 2 aromatic heterocycles. The van der Waals surface area contributed by atoms with E-state index in [0.29, 0.717) is 38.2 Å². The number of piperazine rings is 1. The third-order valence-electron chi connectivity index (χ3n) is 6.12. The fourth-order valence-electron chi connectivity index (χ4n) is 4.37. The van der Waals surface area contributed by atoms with E-state index >= 15 is 0 Å². The minimum atomic E-state index is -0.899. The average Bonchev–Trinajstić information content (AvgIpc) is 3.32. The number of aromatic nitrogens is 3. The van der Waals surface area contributed by atoms with Crippen molar-refractivity contribution < 1.29 is 14.3 Å². The van der Waals surface area contributed by atoms with E-state index in [2.05, 4.69) is 9.80 Å². The van der Waals surface area contributed by atoms with Crippen molar-refractivity contribution in [2.24, 2.45) is 0 Å². The maximum Gasteiger partial charge on any atom is 0.407 e. The maximum absolute atomic E-state index is 13.4. The molecular weight excluding hydrogens is 411 g/mol. The van der Waals surface area contributed by atoms with E-state index in [9.17, 15) is 14.3 Å². The molecule has 0 atom stereocenters. The summed E-state index contributed by atoms with van der Waals surface area (Å²) in [5, 5.41) is 9.29. The molecule has 0 saturated carbocycles. The molecule has 32 heavy (non-hydrogen) atoms. The summed E-state index contributed by atoms with van der Waals surface area (Å²) >= 11 is 0. The standard InChI is InChI=1S/C23H25FN6O2/c24-17-5-3-16(4-6-17)18-7-8-19-21(26-18)22(29-11-13-30(14-12-29)23(31)32)27-20(25-19)15-28-9-1-2-10-28/h3-8H,1-2,9-15H2,(H,31,32). The molecule has 0 aliphatic carbocycles. The van der Waals surface area contributed by atoms with Gasteiger partial charge in [-0.1, -0.05) is 0 Å². The molecule has 0 radical (unpaired) electrons. The Hall–Kier alpha value is -3.33. The number of pyridine rings is 1. The molecule has 1 amide bonds. The van der Waals surface area contributed by atoms with Crippen LogP contribution in [0, 0.1) is 5.82 Å². The molecule has 2 saturated heterocycles. The number of halogens is 1. The molecule has 0 unspecified atom stereocenters. The molecule has 9 heteroatoms. The van der Waals surface area contributed by atoms with Gasteiger partial charge < -0.3 is 14.9 Å². The van der Waals surface area contributed by atoms with Gasteiger partial charge in [-0.05, 0) is 62.3 Å². The lowest BCUT2D eigenvalue weighted by molar-refractivity contribution is 0.142. The first-order valence-electron chi connectivity index (χ1n) is 11.0. The first-order chi connectivity index (χ1) is 15.6. The molecule has 5 rings (SSSR count). The van der Waals surface area contributed by atoms with Crippen molar-refractivity contribution in [3.8, 4) is 11.3 Å². The van der Waals surface area contributed by atoms with Crippen LogP contribution in [0.25, 0.3) is 22.3 Å². The fraction of sp³-hybridized carbons (Fsp3) is 0.391. The summed E-state index contributed by atoms with van der Waals surface area (Å²) in [5.74, 6) is 1.20. The van der Waals surface area contributed by atoms with E-state index in [1.807, 2.05) is 12.1 Å². The minimum Gasteiger partial charge on any atom is -0.465 e. The largest absolute Gasteiger partial charge is 0.465 e. The normalized spacial score (nSPS) is 17.3. The van der Waals surface area contributed by atoms with Crippen LogP contribution in [0.4, 0.5) is 15.0 Å². The zero-order valence-electron chi connectivity index (χ0n) is 17.7. The summed E-state index contributed by atoms with van der Waals surface area (Å²) < 4.78 is 13.4. The van der Waals surface area contributed by atoms with E-state index in [4.69, 9.17) is 15.0 Å². The number of rotatable bonds is 4. The molecule has 3 aromatic rings. The summed E-state index contributed by atoms with van der Waals surface area (Å²) in [6, 6.07) is 10.1. The van der Waals surface area contributed by atoms with Crippen molar-refractivity contribution in [2.75, 3.05) is 44.2 Å². The Morgan fingerprint density at radius 2 is 1.62 bits per heavy atom. The van der Waals surface area contributed by atoms with Gasteiger partial charge in [-0.25, -0.2) is 24.1 Å². The van der Waals surface area contributed by atoms with Crippen LogP contribution in [-0.2, 0) is 6.54 Å². The summed E-state index contributed by atoms with van der Waals surface area (Å²) in [6.45, 7) is 4.72. The van der Waals surface area contributed by atoms with Gasteiger partial charge in [0.2, 0.25) is 0 Å². The molecule has 2 aliphatic heterocycles. The molecule has 0 spiro atoms. The Morgan fingerprint density at radius 1 is 0.906 bits per heavy atom. The van der Waals surface area contributed by atoms with E-state index in [1.54, 1.807) is 12.1 Å². The van der Waals surface area contributed by atoms with Crippen LogP contribution in [0.3, 0.4) is 0 Å². The summed E-state index contributed by atoms with van der Waals surface area (Å²) in [4.78, 5) is 31.7. The number of hydrogen-bond donors (Lipinski definition) is 1. The minimum absolute atomic E-state index is 0.290. The van der Waals surface area contributed by atoms with E-state index < -0.39 is 6.09 Å². The lowest BCUT2D eigenvalue weighted by Gasteiger charge is -2.34. The lowest BCUT2D eigenvalue weighted by Crippen LogP contribution is -2.48. The van der Waals surface area contributed by atoms with Crippen molar-refractivity contribution in [3.05, 3.63) is 48.0 Å². The third-order valence-corrected chi connectivity index (χ3v) is 6.12. The molecule has 4 heterocycles. The second kappa shape index (κ2) is 8.66. The first-order valence-corrected chi connectivity index (χ1v) is 11.0. The number of amides is 1. The Balaban J connectivity index is 1.53. The Labute approximate surface area is 185 Å². The quantitative estimate of drug-likeness (QED) is 0.672. The zero-order valence-corrected chi connectivity index (χ0v) is 17.7. The molecule has 166 valence electrons. The number of benzene rings is 1. The predicted octanol–water partition coefficient (Wildman–Crippen LogP) is 3.23. The monoisotopic (exact) mass is 436 g/mol. The molecule has 2 aliphatic rings. The van der Waals surface area contributed by atoms with Crippen molar-refractivity contribution >= 4 is 22.9 Å². The van der Waals surface area contributed by atoms with Crippen LogP contribution in [-0.4, -0.2) is 75.2 Å². The van der Waals surface area contributed by atoms with Crippen LogP contribution < -0.4 is 4.90 Å². The smallest absolute Gasteiger partial charge is 0.407 e. The topological polar surface area (TPSA) is 85.7 Å². The SMILES string of the molecule is O=C(O)N1CCN(c2nc(CN3CCCC3)nc3ccc(-c4ccc(F)cc4)nc23)CC1. The van der Waals surface area contributed by atoms with Gasteiger partial charge in [-0.3, -0.25) is 4.90 Å². The van der Waals surface area contributed by atoms with Crippen molar-refractivity contribution in [1.29, 1.82) is 0 Å². The number of carbonyl (C=O) groups is 1. The van der Waals surface area contributed by atoms with Gasteiger partial charge >= 0.3 is 6.09 Å². The van der Waals surface area contributed by atoms with Gasteiger partial charge in [0.25, 0.3) is 0 Å². The highest BCUT2D eigenvalue weighted by atomic mass is 19.1. The van der Waals surface area contributed by atoms with Gasteiger partial charge in [0.05, 0.1) is 17.8 Å². The number of nitrogens with zero attached hydrogens (tertiary/aromatic N) is 6. The fourth-order valence-corrected chi connectivity index (χ4v) is 4.37. The number of likely N-dealkylation sites (tertiary alicyclic amines) is 1. The van der Waals surface area contributed by atoms with Gasteiger partial charge in [0.15, 0.2) is 5.82 Å². The van der Waals surface area contributed by atoms with Crippen LogP contribution >= 0.6 is 0 Å². The Morgan fingerprint density at radius 3 is 2.31 bits per heavy atom. The van der Waals surface area contributed by atoms with Gasteiger partial charge in [0, 0.05) is 31.7 Å². The molecule has 2 fully saturated rings. The van der Waals surface area contributed by atoms with Crippen LogP contribution in [0.1, 0.15) is 18.7 Å². The van der Waals surface area contributed by atoms with Crippen molar-refractivity contribution in [3.63, 3.8) is 0 Å². The molecule has 1 N–H and O–H groups in total. The van der Waals surface area contributed by atoms with E-state index in [1.165, 1.54) is 29.9 Å². The number of hydrogen-bond acceptors (Lipinski definition) is 6. The van der Waals surface area contributed by atoms with E-state index in [-0.39, 0.29) is 5.82 Å². The summed E-state index contributed by atoms with van der Waals surface area (Å²) in [6.07, 6.45) is 1.49. The first kappa shape index (κ1) is 20.6. The second-order valence-electron chi connectivity index (χ2n) is 8.27. The maximum atomic E-state index is 13.4. The van der Waals surface area contributed by atoms with Gasteiger partial charge in [-0.2, -0.15) is 0 Å². The highest BCUT2D eigenvalue weighted by Crippen LogP contribution is 2.28. The van der Waals surface area contributed by atoms with Gasteiger partial charge in [0.1, 0.15) is 17.2 Å². The highest BCUT2D eigenvalue weighted by molar-refractivity contribution is 5.88. The van der Waals surface area contributed by atoms with E-state index in [0.717, 1.165) is 41.5 Å². The lowest BCUT2D eigenvalue weighted by atomic mass is 10.1. The highest BCUT2D eigenvalue weighted by Gasteiger charge is 2.25. The molecular formula is C23H25FN6O2. The number of anilines is 1. The van der Waals surface area contributed by atoms with Crippen LogP contribution in [0.2, 0.25) is 0 Å². The summed E-state index contributed by atoms with van der Waals surface area (Å²) in [5.41, 5.74) is 2.98. The summed E-state index contributed by atoms with van der Waals surface area (Å²) in [7, 11) is 0. The van der Waals surface area contributed by atoms with Crippen LogP contribution in [0.5, 0.6) is 0 Å². The molecule has 0 bridgehead atoms. The number of fused-ring (bicyclic) bond motifs is 1. The molecule has 8 nitrogen and oxygen atoms in total. The van der Waals surface area contributed by atoms with Crippen molar-refractivity contribution in [2.45, 2.75) is 19.4 Å². The average molecular weight is 436 g/mol. The second-order valence-corrected chi connectivity index (χ2v) is 8.27. The Bertz CT molecular complexity index is 1130.